The van der Waals surface area contributed by atoms with Crippen LogP contribution in [0.5, 0.6) is 5.75 Å². The van der Waals surface area contributed by atoms with Crippen molar-refractivity contribution in [1.82, 2.24) is 0 Å². The highest BCUT2D eigenvalue weighted by Gasteiger charge is 2.47. The molecule has 26 heavy (non-hydrogen) atoms. The van der Waals surface area contributed by atoms with Crippen molar-refractivity contribution in [2.45, 2.75) is 12.8 Å². The minimum absolute atomic E-state index is 0.148. The summed E-state index contributed by atoms with van der Waals surface area (Å²) in [7, 11) is 1.22. The molecule has 0 N–H and O–H groups in total. The van der Waals surface area contributed by atoms with Gasteiger partial charge in [-0.2, -0.15) is 0 Å². The number of fused-ring (bicyclic) bond motifs is 1. The molecule has 5 nitrogen and oxygen atoms in total. The van der Waals surface area contributed by atoms with Crippen LogP contribution in [0, 0.1) is 11.8 Å². The molecule has 0 radical (unpaired) electrons. The Morgan fingerprint density at radius 2 is 1.85 bits per heavy atom. The number of benzene rings is 2. The first-order valence-electron chi connectivity index (χ1n) is 8.12. The van der Waals surface area contributed by atoms with E-state index in [1.54, 1.807) is 49.4 Å². The largest absolute Gasteiger partial charge is 0.468 e. The number of hydrogen-bond acceptors (Lipinski definition) is 5. The van der Waals surface area contributed by atoms with E-state index in [1.165, 1.54) is 7.11 Å². The van der Waals surface area contributed by atoms with E-state index in [0.717, 1.165) is 4.47 Å². The molecule has 1 heterocycles. The van der Waals surface area contributed by atoms with Crippen molar-refractivity contribution in [2.75, 3.05) is 7.11 Å². The molecule has 0 aromatic heterocycles. The summed E-state index contributed by atoms with van der Waals surface area (Å²) in [6.07, 6.45) is 0. The average molecular weight is 417 g/mol. The summed E-state index contributed by atoms with van der Waals surface area (Å²) in [5.74, 6) is -3.69. The van der Waals surface area contributed by atoms with Gasteiger partial charge in [0.1, 0.15) is 5.75 Å². The van der Waals surface area contributed by atoms with Gasteiger partial charge < -0.3 is 9.47 Å². The first-order chi connectivity index (χ1) is 12.4. The van der Waals surface area contributed by atoms with Gasteiger partial charge in [-0.25, -0.2) is 0 Å². The molecule has 0 saturated heterocycles. The highest BCUT2D eigenvalue weighted by molar-refractivity contribution is 9.10. The average Bonchev–Trinajstić information content (AvgIpc) is 2.66. The SMILES string of the molecule is COC(=O)[C@H]1C(=O)Oc2ccc(Br)cc2[C@@H]1[C@@H](C)C(=O)c1ccccc1. The number of ether oxygens (including phenoxy) is 2. The monoisotopic (exact) mass is 416 g/mol. The second kappa shape index (κ2) is 7.41. The molecule has 0 fully saturated rings. The third-order valence-electron chi connectivity index (χ3n) is 4.62. The maximum absolute atomic E-state index is 13.0. The molecule has 0 saturated carbocycles. The molecular formula is C20H17BrO5. The normalized spacial score (nSPS) is 19.9. The number of carbonyl (C=O) groups is 3. The topological polar surface area (TPSA) is 69.7 Å². The smallest absolute Gasteiger partial charge is 0.326 e. The second-order valence-electron chi connectivity index (χ2n) is 6.15. The lowest BCUT2D eigenvalue weighted by Crippen LogP contribution is -2.42. The van der Waals surface area contributed by atoms with E-state index in [2.05, 4.69) is 15.9 Å². The van der Waals surface area contributed by atoms with Crippen molar-refractivity contribution in [1.29, 1.82) is 0 Å². The van der Waals surface area contributed by atoms with Crippen LogP contribution in [-0.2, 0) is 14.3 Å². The van der Waals surface area contributed by atoms with Crippen LogP contribution < -0.4 is 4.74 Å². The van der Waals surface area contributed by atoms with Crippen LogP contribution in [0.3, 0.4) is 0 Å². The van der Waals surface area contributed by atoms with Crippen molar-refractivity contribution >= 4 is 33.7 Å². The fourth-order valence-electron chi connectivity index (χ4n) is 3.33. The van der Waals surface area contributed by atoms with E-state index in [9.17, 15) is 14.4 Å². The zero-order valence-electron chi connectivity index (χ0n) is 14.3. The van der Waals surface area contributed by atoms with E-state index in [4.69, 9.17) is 9.47 Å². The number of methoxy groups -OCH3 is 1. The van der Waals surface area contributed by atoms with Crippen LogP contribution >= 0.6 is 15.9 Å². The highest BCUT2D eigenvalue weighted by Crippen LogP contribution is 2.44. The molecule has 2 aromatic carbocycles. The number of ketones is 1. The van der Waals surface area contributed by atoms with Crippen LogP contribution in [0.2, 0.25) is 0 Å². The molecule has 134 valence electrons. The minimum Gasteiger partial charge on any atom is -0.468 e. The molecule has 2 aromatic rings. The number of esters is 2. The van der Waals surface area contributed by atoms with E-state index in [1.807, 2.05) is 6.07 Å². The lowest BCUT2D eigenvalue weighted by molar-refractivity contribution is -0.158. The summed E-state index contributed by atoms with van der Waals surface area (Å²) < 4.78 is 10.9. The third kappa shape index (κ3) is 3.29. The Morgan fingerprint density at radius 1 is 1.15 bits per heavy atom. The van der Waals surface area contributed by atoms with Gasteiger partial charge in [-0.05, 0) is 18.2 Å². The molecular weight excluding hydrogens is 400 g/mol. The van der Waals surface area contributed by atoms with E-state index in [0.29, 0.717) is 16.9 Å². The minimum atomic E-state index is -1.19. The Bertz CT molecular complexity index is 862. The first-order valence-corrected chi connectivity index (χ1v) is 8.91. The fourth-order valence-corrected chi connectivity index (χ4v) is 3.71. The van der Waals surface area contributed by atoms with Crippen LogP contribution in [0.1, 0.15) is 28.8 Å². The molecule has 3 atom stereocenters. The Kier molecular flexibility index (Phi) is 5.23. The van der Waals surface area contributed by atoms with Crippen molar-refractivity contribution in [2.24, 2.45) is 11.8 Å². The van der Waals surface area contributed by atoms with Crippen LogP contribution in [0.4, 0.5) is 0 Å². The van der Waals surface area contributed by atoms with Gasteiger partial charge in [-0.1, -0.05) is 53.2 Å². The molecule has 0 unspecified atom stereocenters. The summed E-state index contributed by atoms with van der Waals surface area (Å²) in [4.78, 5) is 37.8. The predicted molar refractivity (Wildman–Crippen MR) is 98.0 cm³/mol. The van der Waals surface area contributed by atoms with Crippen molar-refractivity contribution < 1.29 is 23.9 Å². The van der Waals surface area contributed by atoms with Gasteiger partial charge >= 0.3 is 11.9 Å². The van der Waals surface area contributed by atoms with Gasteiger partial charge in [0.15, 0.2) is 11.7 Å². The van der Waals surface area contributed by atoms with Crippen LogP contribution in [0.15, 0.2) is 53.0 Å². The zero-order valence-corrected chi connectivity index (χ0v) is 15.9. The van der Waals surface area contributed by atoms with Crippen LogP contribution in [-0.4, -0.2) is 24.8 Å². The van der Waals surface area contributed by atoms with Gasteiger partial charge in [-0.15, -0.1) is 0 Å². The zero-order chi connectivity index (χ0) is 18.8. The summed E-state index contributed by atoms with van der Waals surface area (Å²) in [5.41, 5.74) is 1.16. The molecule has 0 amide bonds. The molecule has 0 bridgehead atoms. The Balaban J connectivity index is 2.10. The lowest BCUT2D eigenvalue weighted by Gasteiger charge is -2.33. The van der Waals surface area contributed by atoms with Gasteiger partial charge in [0, 0.05) is 27.4 Å². The Hall–Kier alpha value is -2.47. The van der Waals surface area contributed by atoms with Crippen LogP contribution in [0.25, 0.3) is 0 Å². The summed E-state index contributed by atoms with van der Waals surface area (Å²) >= 11 is 3.40. The summed E-state index contributed by atoms with van der Waals surface area (Å²) in [6, 6.07) is 14.0. The summed E-state index contributed by atoms with van der Waals surface area (Å²) in [5, 5.41) is 0. The maximum Gasteiger partial charge on any atom is 0.326 e. The van der Waals surface area contributed by atoms with Crippen molar-refractivity contribution in [3.8, 4) is 5.75 Å². The highest BCUT2D eigenvalue weighted by atomic mass is 79.9. The molecule has 0 aliphatic carbocycles. The third-order valence-corrected chi connectivity index (χ3v) is 5.11. The number of carbonyl (C=O) groups excluding carboxylic acids is 3. The molecule has 3 rings (SSSR count). The summed E-state index contributed by atoms with van der Waals surface area (Å²) in [6.45, 7) is 1.72. The van der Waals surface area contributed by atoms with Crippen molar-refractivity contribution in [3.63, 3.8) is 0 Å². The molecule has 1 aliphatic rings. The van der Waals surface area contributed by atoms with Gasteiger partial charge in [0.05, 0.1) is 7.11 Å². The van der Waals surface area contributed by atoms with Crippen molar-refractivity contribution in [3.05, 3.63) is 64.1 Å². The number of rotatable bonds is 4. The van der Waals surface area contributed by atoms with Gasteiger partial charge in [0.25, 0.3) is 0 Å². The number of halogens is 1. The molecule has 0 spiro atoms. The van der Waals surface area contributed by atoms with Gasteiger partial charge in [0.2, 0.25) is 0 Å². The first kappa shape index (κ1) is 18.3. The standard InChI is InChI=1S/C20H17BrO5/c1-11(18(22)12-6-4-3-5-7-12)16-14-10-13(21)8-9-15(14)26-20(24)17(16)19(23)25-2/h3-11,16-17H,1-2H3/t11-,16+,17+/m1/s1. The maximum atomic E-state index is 13.0. The van der Waals surface area contributed by atoms with E-state index < -0.39 is 29.7 Å². The van der Waals surface area contributed by atoms with E-state index >= 15 is 0 Å². The predicted octanol–water partition coefficient (Wildman–Crippen LogP) is 3.76. The fraction of sp³-hybridized carbons (Fsp3) is 0.250. The molecule has 1 aliphatic heterocycles. The second-order valence-corrected chi connectivity index (χ2v) is 7.06. The quantitative estimate of drug-likeness (QED) is 0.328. The lowest BCUT2D eigenvalue weighted by atomic mass is 9.73. The number of hydrogen-bond donors (Lipinski definition) is 0. The molecule has 6 heteroatoms. The Morgan fingerprint density at radius 3 is 2.50 bits per heavy atom. The van der Waals surface area contributed by atoms with E-state index in [-0.39, 0.29) is 5.78 Å². The number of Topliss-reactive ketones (excluding diaryl/α,β-unsaturated/α-hetero) is 1. The van der Waals surface area contributed by atoms with Gasteiger partial charge in [-0.3, -0.25) is 14.4 Å². The Labute approximate surface area is 159 Å².